The molecule has 4 nitrogen and oxygen atoms in total. The van der Waals surface area contributed by atoms with Crippen molar-refractivity contribution in [1.29, 1.82) is 0 Å². The van der Waals surface area contributed by atoms with Gasteiger partial charge < -0.3 is 16.4 Å². The van der Waals surface area contributed by atoms with Crippen LogP contribution in [-0.4, -0.2) is 36.0 Å². The molecule has 4 heteroatoms. The van der Waals surface area contributed by atoms with Crippen LogP contribution in [0.25, 0.3) is 0 Å². The number of nitrogens with two attached hydrogens (primary N) is 2. The van der Waals surface area contributed by atoms with Crippen molar-refractivity contribution >= 4 is 5.91 Å². The smallest absolute Gasteiger partial charge is 0.237 e. The zero-order valence-corrected chi connectivity index (χ0v) is 8.42. The lowest BCUT2D eigenvalue weighted by Gasteiger charge is -2.24. The molecule has 1 rings (SSSR count). The highest BCUT2D eigenvalue weighted by atomic mass is 16.1. The summed E-state index contributed by atoms with van der Waals surface area (Å²) in [4.78, 5) is 13.1. The number of rotatable bonds is 5. The quantitative estimate of drug-likeness (QED) is 0.616. The van der Waals surface area contributed by atoms with E-state index in [1.807, 2.05) is 0 Å². The molecule has 1 unspecified atom stereocenters. The van der Waals surface area contributed by atoms with Gasteiger partial charge in [-0.2, -0.15) is 0 Å². The third-order valence-corrected chi connectivity index (χ3v) is 2.72. The van der Waals surface area contributed by atoms with E-state index in [-0.39, 0.29) is 0 Å². The Morgan fingerprint density at radius 1 is 1.62 bits per heavy atom. The average Bonchev–Trinajstić information content (AvgIpc) is 2.82. The second-order valence-corrected chi connectivity index (χ2v) is 4.24. The number of amides is 1. The van der Waals surface area contributed by atoms with Gasteiger partial charge in [-0.05, 0) is 33.2 Å². The summed E-state index contributed by atoms with van der Waals surface area (Å²) < 4.78 is 0. The van der Waals surface area contributed by atoms with Crippen molar-refractivity contribution < 1.29 is 4.79 Å². The number of carbonyl (C=O) groups is 1. The lowest BCUT2D eigenvalue weighted by Crippen LogP contribution is -2.51. The number of nitrogens with zero attached hydrogens (tertiary/aromatic N) is 1. The molecular formula is C9H19N3O. The first-order valence-electron chi connectivity index (χ1n) is 4.72. The van der Waals surface area contributed by atoms with Crippen molar-refractivity contribution in [2.45, 2.75) is 37.8 Å². The molecule has 0 aliphatic heterocycles. The summed E-state index contributed by atoms with van der Waals surface area (Å²) in [6.07, 6.45) is 3.18. The molecule has 0 aromatic rings. The Morgan fingerprint density at radius 2 is 2.15 bits per heavy atom. The SMILES string of the molecule is CN(CCC(C)(N)C(N)=O)C1CC1. The summed E-state index contributed by atoms with van der Waals surface area (Å²) in [6.45, 7) is 2.54. The van der Waals surface area contributed by atoms with Crippen LogP contribution >= 0.6 is 0 Å². The summed E-state index contributed by atoms with van der Waals surface area (Å²) in [5.41, 5.74) is 10.0. The molecule has 1 atom stereocenters. The third-order valence-electron chi connectivity index (χ3n) is 2.72. The highest BCUT2D eigenvalue weighted by molar-refractivity contribution is 5.83. The molecule has 0 spiro atoms. The molecule has 1 fully saturated rings. The monoisotopic (exact) mass is 185 g/mol. The Bertz CT molecular complexity index is 199. The Morgan fingerprint density at radius 3 is 2.54 bits per heavy atom. The lowest BCUT2D eigenvalue weighted by molar-refractivity contribution is -0.122. The molecule has 1 amide bonds. The number of carbonyl (C=O) groups excluding carboxylic acids is 1. The van der Waals surface area contributed by atoms with E-state index < -0.39 is 11.4 Å². The highest BCUT2D eigenvalue weighted by Crippen LogP contribution is 2.25. The van der Waals surface area contributed by atoms with Crippen LogP contribution in [0.2, 0.25) is 0 Å². The minimum Gasteiger partial charge on any atom is -0.368 e. The van der Waals surface area contributed by atoms with Gasteiger partial charge in [-0.25, -0.2) is 0 Å². The molecular weight excluding hydrogens is 166 g/mol. The highest BCUT2D eigenvalue weighted by Gasteiger charge is 2.30. The van der Waals surface area contributed by atoms with Gasteiger partial charge >= 0.3 is 0 Å². The molecule has 0 aromatic carbocycles. The van der Waals surface area contributed by atoms with Gasteiger partial charge in [0, 0.05) is 12.6 Å². The standard InChI is InChI=1S/C9H19N3O/c1-9(11,8(10)13)5-6-12(2)7-3-4-7/h7H,3-6,11H2,1-2H3,(H2,10,13). The van der Waals surface area contributed by atoms with E-state index in [2.05, 4.69) is 11.9 Å². The fraction of sp³-hybridized carbons (Fsp3) is 0.889. The molecule has 0 radical (unpaired) electrons. The molecule has 4 N–H and O–H groups in total. The maximum Gasteiger partial charge on any atom is 0.237 e. The summed E-state index contributed by atoms with van der Waals surface area (Å²) >= 11 is 0. The fourth-order valence-electron chi connectivity index (χ4n) is 1.23. The second kappa shape index (κ2) is 3.64. The van der Waals surface area contributed by atoms with Crippen LogP contribution in [-0.2, 0) is 4.79 Å². The Labute approximate surface area is 79.3 Å². The molecule has 1 aliphatic carbocycles. The van der Waals surface area contributed by atoms with Gasteiger partial charge in [-0.15, -0.1) is 0 Å². The Hall–Kier alpha value is -0.610. The molecule has 0 aromatic heterocycles. The summed E-state index contributed by atoms with van der Waals surface area (Å²) in [7, 11) is 2.06. The number of hydrogen-bond donors (Lipinski definition) is 2. The zero-order chi connectivity index (χ0) is 10.1. The molecule has 1 aliphatic rings. The minimum absolute atomic E-state index is 0.420. The molecule has 0 heterocycles. The van der Waals surface area contributed by atoms with Gasteiger partial charge in [0.1, 0.15) is 0 Å². The zero-order valence-electron chi connectivity index (χ0n) is 8.42. The van der Waals surface area contributed by atoms with Gasteiger partial charge in [0.2, 0.25) is 5.91 Å². The number of primary amides is 1. The van der Waals surface area contributed by atoms with Gasteiger partial charge in [0.25, 0.3) is 0 Å². The van der Waals surface area contributed by atoms with E-state index in [1.54, 1.807) is 6.92 Å². The van der Waals surface area contributed by atoms with E-state index in [0.29, 0.717) is 12.5 Å². The van der Waals surface area contributed by atoms with Crippen molar-refractivity contribution in [2.24, 2.45) is 11.5 Å². The van der Waals surface area contributed by atoms with Crippen LogP contribution in [0.3, 0.4) is 0 Å². The summed E-state index contributed by atoms with van der Waals surface area (Å²) in [5, 5.41) is 0. The van der Waals surface area contributed by atoms with E-state index >= 15 is 0 Å². The summed E-state index contributed by atoms with van der Waals surface area (Å²) in [5.74, 6) is -0.420. The van der Waals surface area contributed by atoms with Crippen LogP contribution in [0.4, 0.5) is 0 Å². The van der Waals surface area contributed by atoms with E-state index in [0.717, 1.165) is 6.54 Å². The van der Waals surface area contributed by atoms with Crippen molar-refractivity contribution in [3.63, 3.8) is 0 Å². The predicted molar refractivity (Wildman–Crippen MR) is 52.1 cm³/mol. The first-order chi connectivity index (χ1) is 5.93. The fourth-order valence-corrected chi connectivity index (χ4v) is 1.23. The minimum atomic E-state index is -0.858. The van der Waals surface area contributed by atoms with Crippen molar-refractivity contribution in [1.82, 2.24) is 4.90 Å². The second-order valence-electron chi connectivity index (χ2n) is 4.24. The van der Waals surface area contributed by atoms with Gasteiger partial charge in [-0.3, -0.25) is 4.79 Å². The molecule has 0 saturated heterocycles. The maximum atomic E-state index is 10.9. The topological polar surface area (TPSA) is 72.3 Å². The van der Waals surface area contributed by atoms with Gasteiger partial charge in [0.15, 0.2) is 0 Å². The summed E-state index contributed by atoms with van der Waals surface area (Å²) in [6, 6.07) is 0.712. The largest absolute Gasteiger partial charge is 0.368 e. The van der Waals surface area contributed by atoms with Crippen LogP contribution < -0.4 is 11.5 Å². The first-order valence-corrected chi connectivity index (χ1v) is 4.72. The molecule has 13 heavy (non-hydrogen) atoms. The average molecular weight is 185 g/mol. The van der Waals surface area contributed by atoms with Gasteiger partial charge in [-0.1, -0.05) is 0 Å². The number of hydrogen-bond acceptors (Lipinski definition) is 3. The van der Waals surface area contributed by atoms with Crippen molar-refractivity contribution in [3.8, 4) is 0 Å². The Balaban J connectivity index is 2.27. The van der Waals surface area contributed by atoms with Crippen LogP contribution in [0.15, 0.2) is 0 Å². The van der Waals surface area contributed by atoms with E-state index in [9.17, 15) is 4.79 Å². The third kappa shape index (κ3) is 2.97. The normalized spacial score (nSPS) is 21.5. The van der Waals surface area contributed by atoms with Crippen molar-refractivity contribution in [2.75, 3.05) is 13.6 Å². The van der Waals surface area contributed by atoms with Crippen LogP contribution in [0.5, 0.6) is 0 Å². The van der Waals surface area contributed by atoms with Gasteiger partial charge in [0.05, 0.1) is 5.54 Å². The van der Waals surface area contributed by atoms with Crippen LogP contribution in [0, 0.1) is 0 Å². The molecule has 1 saturated carbocycles. The van der Waals surface area contributed by atoms with E-state index in [1.165, 1.54) is 12.8 Å². The molecule has 0 bridgehead atoms. The maximum absolute atomic E-state index is 10.9. The van der Waals surface area contributed by atoms with Crippen molar-refractivity contribution in [3.05, 3.63) is 0 Å². The first kappa shape index (κ1) is 10.5. The predicted octanol–water partition coefficient (Wildman–Crippen LogP) is -0.327. The lowest BCUT2D eigenvalue weighted by atomic mass is 9.98. The molecule has 76 valence electrons. The van der Waals surface area contributed by atoms with Crippen LogP contribution in [0.1, 0.15) is 26.2 Å². The van der Waals surface area contributed by atoms with E-state index in [4.69, 9.17) is 11.5 Å². The Kier molecular flexibility index (Phi) is 2.93.